The number of rotatable bonds is 4. The number of benzene rings is 1. The molecule has 1 aromatic rings. The number of nitrogens with one attached hydrogen (secondary N) is 1. The summed E-state index contributed by atoms with van der Waals surface area (Å²) in [7, 11) is 0. The van der Waals surface area contributed by atoms with Crippen LogP contribution in [0.2, 0.25) is 0 Å². The molecule has 0 radical (unpaired) electrons. The number of morpholine rings is 1. The molecule has 0 saturated carbocycles. The van der Waals surface area contributed by atoms with Gasteiger partial charge in [-0.2, -0.15) is 0 Å². The quantitative estimate of drug-likeness (QED) is 0.727. The Labute approximate surface area is 152 Å². The number of hydrogen-bond donors (Lipinski definition) is 1. The fourth-order valence-corrected chi connectivity index (χ4v) is 4.04. The summed E-state index contributed by atoms with van der Waals surface area (Å²) >= 11 is 0. The largest absolute Gasteiger partial charge is 0.370 e. The van der Waals surface area contributed by atoms with Crippen LogP contribution in [-0.2, 0) is 25.7 Å². The highest BCUT2D eigenvalue weighted by molar-refractivity contribution is 6.04. The molecule has 3 aliphatic rings. The van der Waals surface area contributed by atoms with Crippen LogP contribution < -0.4 is 9.80 Å². The molecule has 3 saturated heterocycles. The maximum atomic E-state index is 12.7. The molecule has 1 atom stereocenters. The van der Waals surface area contributed by atoms with Crippen molar-refractivity contribution >= 4 is 23.4 Å². The monoisotopic (exact) mass is 358 g/mol. The van der Waals surface area contributed by atoms with E-state index >= 15 is 0 Å². The molecule has 3 aliphatic heterocycles. The lowest BCUT2D eigenvalue weighted by atomic mass is 10.2. The summed E-state index contributed by atoms with van der Waals surface area (Å²) in [5.74, 6) is -0.0255. The second kappa shape index (κ2) is 7.17. The number of anilines is 1. The highest BCUT2D eigenvalue weighted by Gasteiger charge is 2.45. The molecule has 7 nitrogen and oxygen atoms in total. The topological polar surface area (TPSA) is 71.4 Å². The Bertz CT molecular complexity index is 712. The second-order valence-electron chi connectivity index (χ2n) is 7.16. The van der Waals surface area contributed by atoms with Gasteiger partial charge in [0.15, 0.2) is 6.04 Å². The van der Waals surface area contributed by atoms with Crippen LogP contribution in [0, 0.1) is 0 Å². The maximum Gasteiger partial charge on any atom is 0.288 e. The van der Waals surface area contributed by atoms with Gasteiger partial charge in [0.1, 0.15) is 13.1 Å². The lowest BCUT2D eigenvalue weighted by molar-refractivity contribution is -0.922. The lowest BCUT2D eigenvalue weighted by Gasteiger charge is -2.27. The first kappa shape index (κ1) is 17.2. The van der Waals surface area contributed by atoms with E-state index < -0.39 is 0 Å². The smallest absolute Gasteiger partial charge is 0.288 e. The number of quaternary nitrogens is 1. The average Bonchev–Trinajstić information content (AvgIpc) is 3.21. The first-order chi connectivity index (χ1) is 12.6. The molecule has 4 rings (SSSR count). The van der Waals surface area contributed by atoms with E-state index in [1.807, 2.05) is 24.3 Å². The van der Waals surface area contributed by atoms with Crippen molar-refractivity contribution in [1.82, 2.24) is 4.90 Å². The third-order valence-electron chi connectivity index (χ3n) is 5.53. The Morgan fingerprint density at radius 2 is 1.77 bits per heavy atom. The van der Waals surface area contributed by atoms with Crippen LogP contribution in [0.25, 0.3) is 0 Å². The summed E-state index contributed by atoms with van der Waals surface area (Å²) in [6.07, 6.45) is 1.78. The molecule has 0 aliphatic carbocycles. The number of likely N-dealkylation sites (tertiary alicyclic amines) is 1. The zero-order valence-electron chi connectivity index (χ0n) is 14.8. The fourth-order valence-electron chi connectivity index (χ4n) is 4.04. The van der Waals surface area contributed by atoms with Gasteiger partial charge in [-0.25, -0.2) is 0 Å². The minimum atomic E-state index is -0.270. The van der Waals surface area contributed by atoms with Crippen LogP contribution in [0.3, 0.4) is 0 Å². The van der Waals surface area contributed by atoms with Crippen molar-refractivity contribution in [2.24, 2.45) is 0 Å². The highest BCUT2D eigenvalue weighted by atomic mass is 16.5. The van der Waals surface area contributed by atoms with Crippen LogP contribution >= 0.6 is 0 Å². The zero-order valence-corrected chi connectivity index (χ0v) is 14.8. The van der Waals surface area contributed by atoms with E-state index in [0.717, 1.165) is 42.2 Å². The van der Waals surface area contributed by atoms with E-state index in [1.54, 1.807) is 4.90 Å². The van der Waals surface area contributed by atoms with Crippen molar-refractivity contribution in [3.05, 3.63) is 29.8 Å². The van der Waals surface area contributed by atoms with Gasteiger partial charge in [0, 0.05) is 18.7 Å². The Morgan fingerprint density at radius 1 is 1.04 bits per heavy atom. The van der Waals surface area contributed by atoms with Gasteiger partial charge >= 0.3 is 0 Å². The number of carbonyl (C=O) groups is 3. The lowest BCUT2D eigenvalue weighted by Crippen LogP contribution is -3.18. The molecule has 3 heterocycles. The van der Waals surface area contributed by atoms with Gasteiger partial charge < -0.3 is 14.5 Å². The number of ether oxygens (including phenoxy) is 1. The minimum absolute atomic E-state index is 0.0781. The summed E-state index contributed by atoms with van der Waals surface area (Å²) in [6.45, 7) is 3.89. The molecule has 1 aromatic carbocycles. The summed E-state index contributed by atoms with van der Waals surface area (Å²) in [6, 6.07) is 7.32. The van der Waals surface area contributed by atoms with Gasteiger partial charge in [-0.15, -0.1) is 0 Å². The van der Waals surface area contributed by atoms with Crippen molar-refractivity contribution < 1.29 is 24.0 Å². The van der Waals surface area contributed by atoms with Gasteiger partial charge in [-0.05, 0) is 24.1 Å². The Morgan fingerprint density at radius 3 is 2.42 bits per heavy atom. The second-order valence-corrected chi connectivity index (χ2v) is 7.16. The van der Waals surface area contributed by atoms with Crippen molar-refractivity contribution in [3.63, 3.8) is 0 Å². The van der Waals surface area contributed by atoms with Crippen molar-refractivity contribution in [2.75, 3.05) is 37.7 Å². The number of amides is 3. The standard InChI is InChI=1S/C19H23N3O4/c23-17-2-1-7-21(17)15-5-3-14(4-6-15)13-22-18(24)12-16(19(22)25)20-8-10-26-11-9-20/h3-6,16H,1-2,7-13H2/p+1/t16-/m1/s1. The molecule has 26 heavy (non-hydrogen) atoms. The number of nitrogens with zero attached hydrogens (tertiary/aromatic N) is 2. The van der Waals surface area contributed by atoms with Crippen molar-refractivity contribution in [3.8, 4) is 0 Å². The van der Waals surface area contributed by atoms with E-state index in [0.29, 0.717) is 26.2 Å². The summed E-state index contributed by atoms with van der Waals surface area (Å²) < 4.78 is 5.35. The van der Waals surface area contributed by atoms with Crippen LogP contribution in [-0.4, -0.2) is 61.5 Å². The third kappa shape index (κ3) is 3.24. The van der Waals surface area contributed by atoms with Crippen LogP contribution in [0.15, 0.2) is 24.3 Å². The molecule has 7 heteroatoms. The van der Waals surface area contributed by atoms with E-state index in [-0.39, 0.29) is 30.2 Å². The van der Waals surface area contributed by atoms with E-state index in [2.05, 4.69) is 0 Å². The van der Waals surface area contributed by atoms with Gasteiger partial charge in [-0.3, -0.25) is 19.3 Å². The van der Waals surface area contributed by atoms with E-state index in [1.165, 1.54) is 4.90 Å². The van der Waals surface area contributed by atoms with E-state index in [4.69, 9.17) is 4.74 Å². The van der Waals surface area contributed by atoms with Gasteiger partial charge in [0.25, 0.3) is 5.91 Å². The first-order valence-corrected chi connectivity index (χ1v) is 9.29. The third-order valence-corrected chi connectivity index (χ3v) is 5.53. The van der Waals surface area contributed by atoms with Gasteiger partial charge in [0.05, 0.1) is 26.2 Å². The normalized spacial score (nSPS) is 24.8. The van der Waals surface area contributed by atoms with Crippen molar-refractivity contribution in [1.29, 1.82) is 0 Å². The molecule has 0 bridgehead atoms. The van der Waals surface area contributed by atoms with E-state index in [9.17, 15) is 14.4 Å². The minimum Gasteiger partial charge on any atom is -0.370 e. The SMILES string of the molecule is O=C1C[C@@H]([NH+]2CCOCC2)C(=O)N1Cc1ccc(N2CCCC2=O)cc1. The molecular formula is C19H24N3O4+. The molecule has 3 amide bonds. The average molecular weight is 358 g/mol. The molecule has 0 spiro atoms. The molecule has 138 valence electrons. The van der Waals surface area contributed by atoms with Crippen LogP contribution in [0.1, 0.15) is 24.8 Å². The maximum absolute atomic E-state index is 12.7. The Hall–Kier alpha value is -2.25. The Kier molecular flexibility index (Phi) is 4.74. The predicted octanol–water partition coefficient (Wildman–Crippen LogP) is -0.644. The summed E-state index contributed by atoms with van der Waals surface area (Å²) in [4.78, 5) is 41.2. The zero-order chi connectivity index (χ0) is 18.1. The number of imide groups is 1. The molecule has 1 N–H and O–H groups in total. The van der Waals surface area contributed by atoms with Gasteiger partial charge in [-0.1, -0.05) is 12.1 Å². The number of carbonyl (C=O) groups excluding carboxylic acids is 3. The van der Waals surface area contributed by atoms with Crippen molar-refractivity contribution in [2.45, 2.75) is 31.8 Å². The highest BCUT2D eigenvalue weighted by Crippen LogP contribution is 2.23. The van der Waals surface area contributed by atoms with Crippen LogP contribution in [0.5, 0.6) is 0 Å². The molecule has 0 unspecified atom stereocenters. The number of hydrogen-bond acceptors (Lipinski definition) is 4. The fraction of sp³-hybridized carbons (Fsp3) is 0.526. The van der Waals surface area contributed by atoms with Crippen LogP contribution in [0.4, 0.5) is 5.69 Å². The summed E-state index contributed by atoms with van der Waals surface area (Å²) in [5, 5.41) is 0. The molecule has 3 fully saturated rings. The molecule has 0 aromatic heterocycles. The summed E-state index contributed by atoms with van der Waals surface area (Å²) in [5.41, 5.74) is 1.78. The predicted molar refractivity (Wildman–Crippen MR) is 93.5 cm³/mol. The Balaban J connectivity index is 1.42. The first-order valence-electron chi connectivity index (χ1n) is 9.29. The van der Waals surface area contributed by atoms with Gasteiger partial charge in [0.2, 0.25) is 11.8 Å². The molecular weight excluding hydrogens is 334 g/mol.